The van der Waals surface area contributed by atoms with E-state index in [-0.39, 0.29) is 0 Å². The first-order chi connectivity index (χ1) is 9.17. The van der Waals surface area contributed by atoms with E-state index in [0.717, 1.165) is 22.9 Å². The van der Waals surface area contributed by atoms with E-state index in [0.29, 0.717) is 6.04 Å². The Morgan fingerprint density at radius 2 is 1.79 bits per heavy atom. The molecule has 0 spiro atoms. The van der Waals surface area contributed by atoms with Gasteiger partial charge in [-0.3, -0.25) is 0 Å². The zero-order valence-corrected chi connectivity index (χ0v) is 13.7. The van der Waals surface area contributed by atoms with Crippen LogP contribution >= 0.6 is 15.9 Å². The van der Waals surface area contributed by atoms with Gasteiger partial charge in [-0.05, 0) is 62.6 Å². The standard InChI is InChI=1S/C17H26BrN/c1-3-14-6-10-17(11-7-14)19-13(2)12-15-4-8-16(18)9-5-15/h4-5,8-9,13-14,17,19H,3,6-7,10-12H2,1-2H3. The lowest BCUT2D eigenvalue weighted by atomic mass is 9.84. The van der Waals surface area contributed by atoms with Crippen LogP contribution in [0.3, 0.4) is 0 Å². The summed E-state index contributed by atoms with van der Waals surface area (Å²) in [6.45, 7) is 4.64. The van der Waals surface area contributed by atoms with Gasteiger partial charge in [-0.15, -0.1) is 0 Å². The average molecular weight is 324 g/mol. The maximum atomic E-state index is 3.81. The summed E-state index contributed by atoms with van der Waals surface area (Å²) >= 11 is 3.49. The van der Waals surface area contributed by atoms with Crippen LogP contribution in [0.5, 0.6) is 0 Å². The molecule has 2 rings (SSSR count). The van der Waals surface area contributed by atoms with E-state index in [1.54, 1.807) is 0 Å². The molecule has 1 unspecified atom stereocenters. The monoisotopic (exact) mass is 323 g/mol. The number of halogens is 1. The molecule has 1 atom stereocenters. The van der Waals surface area contributed by atoms with Crippen molar-refractivity contribution in [1.82, 2.24) is 5.32 Å². The molecular formula is C17H26BrN. The van der Waals surface area contributed by atoms with Gasteiger partial charge in [0.1, 0.15) is 0 Å². The number of nitrogens with one attached hydrogen (secondary N) is 1. The third-order valence-electron chi connectivity index (χ3n) is 4.40. The van der Waals surface area contributed by atoms with E-state index in [9.17, 15) is 0 Å². The van der Waals surface area contributed by atoms with E-state index in [1.807, 2.05) is 0 Å². The van der Waals surface area contributed by atoms with E-state index in [1.165, 1.54) is 37.7 Å². The molecule has 0 radical (unpaired) electrons. The quantitative estimate of drug-likeness (QED) is 0.809. The molecule has 1 aliphatic rings. The Morgan fingerprint density at radius 3 is 2.37 bits per heavy atom. The van der Waals surface area contributed by atoms with Crippen molar-refractivity contribution in [1.29, 1.82) is 0 Å². The summed E-state index contributed by atoms with van der Waals surface area (Å²) in [5.74, 6) is 0.986. The third-order valence-corrected chi connectivity index (χ3v) is 4.93. The van der Waals surface area contributed by atoms with Gasteiger partial charge in [0.2, 0.25) is 0 Å². The molecule has 0 amide bonds. The summed E-state index contributed by atoms with van der Waals surface area (Å²) in [5.41, 5.74) is 1.42. The van der Waals surface area contributed by atoms with Gasteiger partial charge in [0.25, 0.3) is 0 Å². The first-order valence-electron chi connectivity index (χ1n) is 7.68. The van der Waals surface area contributed by atoms with Crippen LogP contribution in [0.2, 0.25) is 0 Å². The van der Waals surface area contributed by atoms with Crippen LogP contribution in [-0.4, -0.2) is 12.1 Å². The lowest BCUT2D eigenvalue weighted by Gasteiger charge is -2.30. The van der Waals surface area contributed by atoms with Gasteiger partial charge in [0.05, 0.1) is 0 Å². The van der Waals surface area contributed by atoms with E-state index in [4.69, 9.17) is 0 Å². The van der Waals surface area contributed by atoms with Crippen LogP contribution in [0.15, 0.2) is 28.7 Å². The molecule has 1 N–H and O–H groups in total. The van der Waals surface area contributed by atoms with Gasteiger partial charge in [-0.1, -0.05) is 41.4 Å². The summed E-state index contributed by atoms with van der Waals surface area (Å²) in [6.07, 6.45) is 8.05. The smallest absolute Gasteiger partial charge is 0.0175 e. The summed E-state index contributed by atoms with van der Waals surface area (Å²) in [6, 6.07) is 10.0. The Balaban J connectivity index is 1.75. The molecule has 0 saturated heterocycles. The molecule has 0 aliphatic heterocycles. The second-order valence-electron chi connectivity index (χ2n) is 6.02. The zero-order valence-electron chi connectivity index (χ0n) is 12.2. The molecule has 1 fully saturated rings. The maximum Gasteiger partial charge on any atom is 0.0175 e. The van der Waals surface area contributed by atoms with Gasteiger partial charge in [-0.2, -0.15) is 0 Å². The molecule has 0 heterocycles. The van der Waals surface area contributed by atoms with Gasteiger partial charge >= 0.3 is 0 Å². The first-order valence-corrected chi connectivity index (χ1v) is 8.47. The minimum atomic E-state index is 0.573. The molecule has 106 valence electrons. The molecule has 1 aromatic rings. The normalized spacial score (nSPS) is 25.2. The van der Waals surface area contributed by atoms with E-state index < -0.39 is 0 Å². The first kappa shape index (κ1) is 15.1. The molecule has 1 nitrogen and oxygen atoms in total. The third kappa shape index (κ3) is 4.92. The Morgan fingerprint density at radius 1 is 1.16 bits per heavy atom. The van der Waals surface area contributed by atoms with Crippen LogP contribution in [0.1, 0.15) is 51.5 Å². The fourth-order valence-corrected chi connectivity index (χ4v) is 3.44. The van der Waals surface area contributed by atoms with Gasteiger partial charge in [-0.25, -0.2) is 0 Å². The van der Waals surface area contributed by atoms with Gasteiger partial charge < -0.3 is 5.32 Å². The van der Waals surface area contributed by atoms with Crippen molar-refractivity contribution in [2.24, 2.45) is 5.92 Å². The Labute approximate surface area is 126 Å². The van der Waals surface area contributed by atoms with Crippen LogP contribution in [0, 0.1) is 5.92 Å². The molecule has 1 aromatic carbocycles. The minimum absolute atomic E-state index is 0.573. The number of hydrogen-bond acceptors (Lipinski definition) is 1. The van der Waals surface area contributed by atoms with E-state index in [2.05, 4.69) is 59.4 Å². The fraction of sp³-hybridized carbons (Fsp3) is 0.647. The highest BCUT2D eigenvalue weighted by Crippen LogP contribution is 2.26. The predicted molar refractivity (Wildman–Crippen MR) is 86.5 cm³/mol. The molecule has 0 bridgehead atoms. The van der Waals surface area contributed by atoms with Crippen molar-refractivity contribution in [2.45, 2.75) is 64.5 Å². The molecule has 2 heteroatoms. The van der Waals surface area contributed by atoms with Crippen molar-refractivity contribution < 1.29 is 0 Å². The van der Waals surface area contributed by atoms with E-state index >= 15 is 0 Å². The fourth-order valence-electron chi connectivity index (χ4n) is 3.17. The molecule has 1 aliphatic carbocycles. The minimum Gasteiger partial charge on any atom is -0.311 e. The Hall–Kier alpha value is -0.340. The summed E-state index contributed by atoms with van der Waals surface area (Å²) in [5, 5.41) is 3.81. The maximum absolute atomic E-state index is 3.81. The van der Waals surface area contributed by atoms with Crippen molar-refractivity contribution in [3.05, 3.63) is 34.3 Å². The lowest BCUT2D eigenvalue weighted by Crippen LogP contribution is -2.40. The lowest BCUT2D eigenvalue weighted by molar-refractivity contribution is 0.272. The predicted octanol–water partition coefficient (Wildman–Crippen LogP) is 4.94. The molecular weight excluding hydrogens is 298 g/mol. The van der Waals surface area contributed by atoms with Crippen molar-refractivity contribution in [3.8, 4) is 0 Å². The van der Waals surface area contributed by atoms with Crippen molar-refractivity contribution >= 4 is 15.9 Å². The highest BCUT2D eigenvalue weighted by Gasteiger charge is 2.20. The molecule has 1 saturated carbocycles. The Kier molecular flexibility index (Phi) is 5.90. The number of hydrogen-bond donors (Lipinski definition) is 1. The largest absolute Gasteiger partial charge is 0.311 e. The van der Waals surface area contributed by atoms with Crippen molar-refractivity contribution in [3.63, 3.8) is 0 Å². The number of rotatable bonds is 5. The van der Waals surface area contributed by atoms with Crippen LogP contribution < -0.4 is 5.32 Å². The SMILES string of the molecule is CCC1CCC(NC(C)Cc2ccc(Br)cc2)CC1. The zero-order chi connectivity index (χ0) is 13.7. The summed E-state index contributed by atoms with van der Waals surface area (Å²) in [4.78, 5) is 0. The van der Waals surface area contributed by atoms with Gasteiger partial charge in [0, 0.05) is 16.6 Å². The highest BCUT2D eigenvalue weighted by atomic mass is 79.9. The van der Waals surface area contributed by atoms with Crippen LogP contribution in [-0.2, 0) is 6.42 Å². The topological polar surface area (TPSA) is 12.0 Å². The molecule has 19 heavy (non-hydrogen) atoms. The summed E-state index contributed by atoms with van der Waals surface area (Å²) in [7, 11) is 0. The second kappa shape index (κ2) is 7.44. The average Bonchev–Trinajstić information content (AvgIpc) is 2.42. The Bertz CT molecular complexity index is 365. The van der Waals surface area contributed by atoms with Gasteiger partial charge in [0.15, 0.2) is 0 Å². The number of benzene rings is 1. The second-order valence-corrected chi connectivity index (χ2v) is 6.94. The highest BCUT2D eigenvalue weighted by molar-refractivity contribution is 9.10. The summed E-state index contributed by atoms with van der Waals surface area (Å²) < 4.78 is 1.16. The van der Waals surface area contributed by atoms with Crippen molar-refractivity contribution in [2.75, 3.05) is 0 Å². The molecule has 0 aromatic heterocycles. The van der Waals surface area contributed by atoms with Crippen LogP contribution in [0.4, 0.5) is 0 Å². The van der Waals surface area contributed by atoms with Crippen LogP contribution in [0.25, 0.3) is 0 Å².